The molecule has 0 saturated heterocycles. The van der Waals surface area contributed by atoms with Crippen molar-refractivity contribution in [3.05, 3.63) is 58.7 Å². The first-order valence-electron chi connectivity index (χ1n) is 11.0. The molecule has 2 bridgehead atoms. The number of allylic oxidation sites excluding steroid dienone is 2. The lowest BCUT2D eigenvalue weighted by Crippen LogP contribution is -2.37. The molecule has 0 aromatic heterocycles. The molecular weight excluding hydrogens is 328 g/mol. The monoisotopic (exact) mass is 356 g/mol. The van der Waals surface area contributed by atoms with Gasteiger partial charge in [0.1, 0.15) is 0 Å². The zero-order chi connectivity index (χ0) is 18.0. The van der Waals surface area contributed by atoms with Crippen molar-refractivity contribution in [2.45, 2.75) is 75.5 Å². The zero-order valence-corrected chi connectivity index (χ0v) is 16.1. The maximum absolute atomic E-state index is 12.9. The maximum atomic E-state index is 12.9. The van der Waals surface area contributed by atoms with Gasteiger partial charge in [-0.2, -0.15) is 0 Å². The van der Waals surface area contributed by atoms with E-state index in [0.29, 0.717) is 11.7 Å². The average molecular weight is 357 g/mol. The summed E-state index contributed by atoms with van der Waals surface area (Å²) in [6.45, 7) is 0. The summed E-state index contributed by atoms with van der Waals surface area (Å²) < 4.78 is 0. The fourth-order valence-electron chi connectivity index (χ4n) is 6.88. The van der Waals surface area contributed by atoms with Crippen LogP contribution >= 0.6 is 0 Å². The van der Waals surface area contributed by atoms with Crippen LogP contribution in [0.25, 0.3) is 10.8 Å². The molecule has 2 unspecified atom stereocenters. The first kappa shape index (κ1) is 16.1. The molecule has 0 heterocycles. The minimum atomic E-state index is 0.252. The second-order valence-electron chi connectivity index (χ2n) is 9.56. The van der Waals surface area contributed by atoms with E-state index < -0.39 is 0 Å². The zero-order valence-electron chi connectivity index (χ0n) is 16.1. The highest BCUT2D eigenvalue weighted by Gasteiger charge is 2.51. The number of ketones is 1. The quantitative estimate of drug-likeness (QED) is 0.511. The number of carbonyl (C=O) groups excluding carboxylic acids is 1. The fraction of sp³-hybridized carbons (Fsp3) is 0.500. The fourth-order valence-corrected chi connectivity index (χ4v) is 6.88. The molecule has 2 fully saturated rings. The molecule has 138 valence electrons. The van der Waals surface area contributed by atoms with E-state index >= 15 is 0 Å². The summed E-state index contributed by atoms with van der Waals surface area (Å²) in [5, 5.41) is 2.72. The second kappa shape index (κ2) is 5.80. The van der Waals surface area contributed by atoms with E-state index in [4.69, 9.17) is 0 Å². The molecule has 2 atom stereocenters. The van der Waals surface area contributed by atoms with Gasteiger partial charge in [-0.1, -0.05) is 49.1 Å². The Hall–Kier alpha value is -1.89. The van der Waals surface area contributed by atoms with Crippen LogP contribution in [0.15, 0.2) is 42.0 Å². The first-order valence-corrected chi connectivity index (χ1v) is 11.0. The molecule has 1 spiro atoms. The van der Waals surface area contributed by atoms with Crippen molar-refractivity contribution in [1.29, 1.82) is 0 Å². The Kier molecular flexibility index (Phi) is 3.46. The normalized spacial score (nSPS) is 30.1. The molecule has 1 nitrogen and oxygen atoms in total. The van der Waals surface area contributed by atoms with E-state index in [2.05, 4.69) is 36.4 Å². The summed E-state index contributed by atoms with van der Waals surface area (Å²) in [7, 11) is 0. The van der Waals surface area contributed by atoms with Gasteiger partial charge in [0.25, 0.3) is 0 Å². The smallest absolute Gasteiger partial charge is 0.163 e. The van der Waals surface area contributed by atoms with Crippen molar-refractivity contribution in [3.63, 3.8) is 0 Å². The Morgan fingerprint density at radius 1 is 1.04 bits per heavy atom. The third-order valence-corrected chi connectivity index (χ3v) is 8.26. The lowest BCUT2D eigenvalue weighted by Gasteiger charge is -2.41. The van der Waals surface area contributed by atoms with E-state index in [0.717, 1.165) is 24.3 Å². The van der Waals surface area contributed by atoms with Gasteiger partial charge in [0.15, 0.2) is 5.78 Å². The molecule has 2 aromatic rings. The van der Waals surface area contributed by atoms with Crippen molar-refractivity contribution in [2.75, 3.05) is 0 Å². The number of hydrogen-bond donors (Lipinski definition) is 0. The van der Waals surface area contributed by atoms with Crippen LogP contribution in [0, 0.1) is 5.92 Å². The van der Waals surface area contributed by atoms with Crippen molar-refractivity contribution in [1.82, 2.24) is 0 Å². The van der Waals surface area contributed by atoms with Crippen molar-refractivity contribution in [3.8, 4) is 0 Å². The van der Waals surface area contributed by atoms with Crippen LogP contribution in [0.4, 0.5) is 0 Å². The van der Waals surface area contributed by atoms with E-state index in [1.165, 1.54) is 73.3 Å². The van der Waals surface area contributed by atoms with Crippen molar-refractivity contribution >= 4 is 16.6 Å². The van der Waals surface area contributed by atoms with Crippen LogP contribution in [-0.2, 0) is 5.41 Å². The van der Waals surface area contributed by atoms with Crippen LogP contribution in [0.5, 0.6) is 0 Å². The Morgan fingerprint density at radius 3 is 2.70 bits per heavy atom. The third-order valence-electron chi connectivity index (χ3n) is 8.26. The highest BCUT2D eigenvalue weighted by atomic mass is 16.1. The van der Waals surface area contributed by atoms with Gasteiger partial charge in [-0.3, -0.25) is 4.79 Å². The molecule has 1 heteroatoms. The number of rotatable bonds is 1. The Morgan fingerprint density at radius 2 is 1.93 bits per heavy atom. The topological polar surface area (TPSA) is 17.1 Å². The van der Waals surface area contributed by atoms with Gasteiger partial charge in [-0.25, -0.2) is 0 Å². The van der Waals surface area contributed by atoms with E-state index in [-0.39, 0.29) is 5.41 Å². The first-order chi connectivity index (χ1) is 13.2. The number of carbonyl (C=O) groups is 1. The van der Waals surface area contributed by atoms with E-state index in [1.54, 1.807) is 5.57 Å². The number of benzene rings is 2. The predicted molar refractivity (Wildman–Crippen MR) is 110 cm³/mol. The molecule has 0 amide bonds. The van der Waals surface area contributed by atoms with E-state index in [9.17, 15) is 4.79 Å². The number of hydrogen-bond acceptors (Lipinski definition) is 1. The van der Waals surface area contributed by atoms with Crippen LogP contribution in [0.1, 0.15) is 91.6 Å². The molecule has 0 radical (unpaired) electrons. The second-order valence-corrected chi connectivity index (χ2v) is 9.56. The molecule has 2 aromatic carbocycles. The SMILES string of the molecule is O=C1CCC2(CC3=CCC2C3)c2cc3cccc(C4CCCCC4)c3cc21. The molecule has 2 saturated carbocycles. The molecule has 4 aliphatic carbocycles. The third kappa shape index (κ3) is 2.27. The number of fused-ring (bicyclic) bond motifs is 6. The van der Waals surface area contributed by atoms with Gasteiger partial charge in [-0.05, 0) is 84.4 Å². The van der Waals surface area contributed by atoms with Gasteiger partial charge in [0.05, 0.1) is 0 Å². The van der Waals surface area contributed by atoms with Gasteiger partial charge in [-0.15, -0.1) is 0 Å². The summed E-state index contributed by atoms with van der Waals surface area (Å²) in [6, 6.07) is 11.6. The molecule has 0 aliphatic heterocycles. The minimum absolute atomic E-state index is 0.252. The number of Topliss-reactive ketones (excluding diaryl/α,β-unsaturated/α-hetero) is 1. The summed E-state index contributed by atoms with van der Waals surface area (Å²) in [5.41, 5.74) is 5.85. The molecular formula is C26H28O. The summed E-state index contributed by atoms with van der Waals surface area (Å²) in [4.78, 5) is 12.9. The highest BCUT2D eigenvalue weighted by Crippen LogP contribution is 2.59. The van der Waals surface area contributed by atoms with Gasteiger partial charge in [0, 0.05) is 17.4 Å². The lowest BCUT2D eigenvalue weighted by atomic mass is 9.62. The molecule has 27 heavy (non-hydrogen) atoms. The van der Waals surface area contributed by atoms with Gasteiger partial charge >= 0.3 is 0 Å². The predicted octanol–water partition coefficient (Wildman–Crippen LogP) is 6.84. The minimum Gasteiger partial charge on any atom is -0.294 e. The standard InChI is InChI=1S/C26H28O/c27-25-11-12-26(16-17-9-10-20(26)13-17)24-14-19-7-4-8-21(22(19)15-23(24)25)18-5-2-1-3-6-18/h4,7-9,14-15,18,20H,1-3,5-6,10-13,16H2. The van der Waals surface area contributed by atoms with Crippen LogP contribution in [0.2, 0.25) is 0 Å². The molecule has 4 aliphatic rings. The van der Waals surface area contributed by atoms with Crippen LogP contribution < -0.4 is 0 Å². The molecule has 6 rings (SSSR count). The summed E-state index contributed by atoms with van der Waals surface area (Å²) in [6.07, 6.45) is 14.7. The summed E-state index contributed by atoms with van der Waals surface area (Å²) in [5.74, 6) is 1.80. The van der Waals surface area contributed by atoms with Gasteiger partial charge in [0.2, 0.25) is 0 Å². The Balaban J connectivity index is 1.54. The van der Waals surface area contributed by atoms with Crippen LogP contribution in [0.3, 0.4) is 0 Å². The molecule has 0 N–H and O–H groups in total. The van der Waals surface area contributed by atoms with Crippen molar-refractivity contribution < 1.29 is 4.79 Å². The highest BCUT2D eigenvalue weighted by molar-refractivity contribution is 6.04. The van der Waals surface area contributed by atoms with Gasteiger partial charge < -0.3 is 0 Å². The summed E-state index contributed by atoms with van der Waals surface area (Å²) >= 11 is 0. The largest absolute Gasteiger partial charge is 0.294 e. The Labute approximate surface area is 161 Å². The van der Waals surface area contributed by atoms with Crippen LogP contribution in [-0.4, -0.2) is 5.78 Å². The Bertz CT molecular complexity index is 975. The average Bonchev–Trinajstić information content (AvgIpc) is 3.32. The maximum Gasteiger partial charge on any atom is 0.163 e. The lowest BCUT2D eigenvalue weighted by molar-refractivity contribution is 0.0940. The van der Waals surface area contributed by atoms with E-state index in [1.807, 2.05) is 0 Å². The van der Waals surface area contributed by atoms with Crippen molar-refractivity contribution in [2.24, 2.45) is 5.92 Å².